The molecule has 2 nitrogen and oxygen atoms in total. The van der Waals surface area contributed by atoms with Crippen molar-refractivity contribution in [2.45, 2.75) is 19.4 Å². The van der Waals surface area contributed by atoms with Gasteiger partial charge in [0.1, 0.15) is 5.82 Å². The molecule has 0 aliphatic rings. The molecule has 1 unspecified atom stereocenters. The van der Waals surface area contributed by atoms with E-state index < -0.39 is 0 Å². The Balaban J connectivity index is 2.23. The first-order valence-electron chi connectivity index (χ1n) is 6.07. The molecule has 2 aromatic carbocycles. The van der Waals surface area contributed by atoms with Gasteiger partial charge in [0.25, 0.3) is 0 Å². The number of nitrogens with zero attached hydrogens (tertiary/aromatic N) is 1. The highest BCUT2D eigenvalue weighted by molar-refractivity contribution is 5.37. The van der Waals surface area contributed by atoms with E-state index in [1.54, 1.807) is 18.2 Å². The summed E-state index contributed by atoms with van der Waals surface area (Å²) in [5, 5.41) is 0. The summed E-state index contributed by atoms with van der Waals surface area (Å²) in [5.41, 5.74) is 3.05. The molecule has 0 saturated carbocycles. The third-order valence-electron chi connectivity index (χ3n) is 3.01. The van der Waals surface area contributed by atoms with Crippen LogP contribution in [0.15, 0.2) is 53.5 Å². The molecule has 0 aliphatic heterocycles. The van der Waals surface area contributed by atoms with Crippen molar-refractivity contribution in [3.05, 3.63) is 71.0 Å². The largest absolute Gasteiger partial charge is 0.235 e. The first kappa shape index (κ1) is 13.2. The van der Waals surface area contributed by atoms with Crippen LogP contribution >= 0.6 is 0 Å². The van der Waals surface area contributed by atoms with Gasteiger partial charge >= 0.3 is 0 Å². The molecule has 19 heavy (non-hydrogen) atoms. The van der Waals surface area contributed by atoms with Crippen LogP contribution in [-0.2, 0) is 11.2 Å². The Morgan fingerprint density at radius 3 is 2.32 bits per heavy atom. The van der Waals surface area contributed by atoms with Gasteiger partial charge in [-0.3, -0.25) is 0 Å². The molecular formula is C16H14FNO. The molecular weight excluding hydrogens is 241 g/mol. The topological polar surface area (TPSA) is 29.4 Å². The maximum Gasteiger partial charge on any atom is 0.235 e. The van der Waals surface area contributed by atoms with Crippen molar-refractivity contribution in [1.82, 2.24) is 0 Å². The fourth-order valence-corrected chi connectivity index (χ4v) is 1.93. The van der Waals surface area contributed by atoms with E-state index >= 15 is 0 Å². The number of carbonyl (C=O) groups excluding carboxylic acids is 1. The minimum atomic E-state index is -0.274. The number of aliphatic imine (C=N–C) groups is 1. The molecule has 0 N–H and O–H groups in total. The third kappa shape index (κ3) is 3.60. The zero-order valence-corrected chi connectivity index (χ0v) is 10.6. The molecule has 0 radical (unpaired) electrons. The monoisotopic (exact) mass is 255 g/mol. The van der Waals surface area contributed by atoms with Crippen LogP contribution in [0.3, 0.4) is 0 Å². The normalized spacial score (nSPS) is 11.7. The Hall–Kier alpha value is -2.25. The van der Waals surface area contributed by atoms with E-state index in [2.05, 4.69) is 4.99 Å². The van der Waals surface area contributed by atoms with Crippen molar-refractivity contribution in [2.75, 3.05) is 0 Å². The lowest BCUT2D eigenvalue weighted by molar-refractivity contribution is 0.557. The van der Waals surface area contributed by atoms with E-state index in [0.29, 0.717) is 6.42 Å². The highest BCUT2D eigenvalue weighted by Gasteiger charge is 2.11. The van der Waals surface area contributed by atoms with E-state index in [9.17, 15) is 9.18 Å². The Kier molecular flexibility index (Phi) is 4.22. The minimum Gasteiger partial charge on any atom is -0.211 e. The molecule has 0 aromatic heterocycles. The van der Waals surface area contributed by atoms with Crippen molar-refractivity contribution >= 4 is 6.08 Å². The summed E-state index contributed by atoms with van der Waals surface area (Å²) in [5.74, 6) is -0.269. The lowest BCUT2D eigenvalue weighted by atomic mass is 9.98. The van der Waals surface area contributed by atoms with Gasteiger partial charge in [-0.2, -0.15) is 4.99 Å². The van der Waals surface area contributed by atoms with Crippen LogP contribution < -0.4 is 0 Å². The van der Waals surface area contributed by atoms with Crippen molar-refractivity contribution < 1.29 is 9.18 Å². The zero-order valence-electron chi connectivity index (χ0n) is 10.6. The lowest BCUT2D eigenvalue weighted by Crippen LogP contribution is -2.00. The molecule has 96 valence electrons. The Labute approximate surface area is 111 Å². The first-order chi connectivity index (χ1) is 9.19. The summed E-state index contributed by atoms with van der Waals surface area (Å²) in [6.45, 7) is 2.00. The predicted molar refractivity (Wildman–Crippen MR) is 72.1 cm³/mol. The fourth-order valence-electron chi connectivity index (χ4n) is 1.93. The highest BCUT2D eigenvalue weighted by Crippen LogP contribution is 2.22. The number of benzene rings is 2. The molecule has 3 heteroatoms. The third-order valence-corrected chi connectivity index (χ3v) is 3.01. The summed E-state index contributed by atoms with van der Waals surface area (Å²) >= 11 is 0. The van der Waals surface area contributed by atoms with E-state index in [0.717, 1.165) is 16.7 Å². The van der Waals surface area contributed by atoms with Gasteiger partial charge in [-0.25, -0.2) is 9.18 Å². The average Bonchev–Trinajstić information content (AvgIpc) is 2.42. The van der Waals surface area contributed by atoms with Gasteiger partial charge in [-0.1, -0.05) is 42.0 Å². The summed E-state index contributed by atoms with van der Waals surface area (Å²) in [4.78, 5) is 14.4. The van der Waals surface area contributed by atoms with Crippen LogP contribution in [0.2, 0.25) is 0 Å². The highest BCUT2D eigenvalue weighted by atomic mass is 19.1. The second kappa shape index (κ2) is 6.07. The molecule has 0 bridgehead atoms. The maximum absolute atomic E-state index is 12.9. The molecule has 0 spiro atoms. The Morgan fingerprint density at radius 2 is 1.74 bits per heavy atom. The van der Waals surface area contributed by atoms with Gasteiger partial charge in [0, 0.05) is 0 Å². The predicted octanol–water partition coefficient (Wildman–Crippen LogP) is 3.75. The van der Waals surface area contributed by atoms with Crippen LogP contribution in [0.5, 0.6) is 0 Å². The van der Waals surface area contributed by atoms with Crippen molar-refractivity contribution in [1.29, 1.82) is 0 Å². The first-order valence-corrected chi connectivity index (χ1v) is 6.07. The SMILES string of the molecule is Cc1ccc(C(Cc2ccc(F)cc2)N=C=O)cc1. The van der Waals surface area contributed by atoms with Gasteiger partial charge in [0.2, 0.25) is 6.08 Å². The van der Waals surface area contributed by atoms with Gasteiger partial charge in [0.15, 0.2) is 0 Å². The number of isocyanates is 1. The number of hydrogen-bond acceptors (Lipinski definition) is 2. The molecule has 0 saturated heterocycles. The molecule has 0 aliphatic carbocycles. The maximum atomic E-state index is 12.9. The number of halogens is 1. The smallest absolute Gasteiger partial charge is 0.211 e. The molecule has 2 aromatic rings. The van der Waals surface area contributed by atoms with E-state index in [1.165, 1.54) is 12.1 Å². The number of rotatable bonds is 4. The van der Waals surface area contributed by atoms with Gasteiger partial charge in [-0.15, -0.1) is 0 Å². The van der Waals surface area contributed by atoms with Crippen LogP contribution in [0.25, 0.3) is 0 Å². The molecule has 0 fully saturated rings. The second-order valence-electron chi connectivity index (χ2n) is 4.48. The lowest BCUT2D eigenvalue weighted by Gasteiger charge is -2.11. The van der Waals surface area contributed by atoms with Crippen molar-refractivity contribution in [2.24, 2.45) is 4.99 Å². The average molecular weight is 255 g/mol. The van der Waals surface area contributed by atoms with Crippen molar-refractivity contribution in [3.8, 4) is 0 Å². The van der Waals surface area contributed by atoms with Gasteiger partial charge in [-0.05, 0) is 36.6 Å². The minimum absolute atomic E-state index is 0.269. The van der Waals surface area contributed by atoms with Gasteiger partial charge in [0.05, 0.1) is 6.04 Å². The van der Waals surface area contributed by atoms with Crippen LogP contribution in [-0.4, -0.2) is 6.08 Å². The summed E-state index contributed by atoms with van der Waals surface area (Å²) in [7, 11) is 0. The Bertz CT molecular complexity index is 583. The summed E-state index contributed by atoms with van der Waals surface area (Å²) in [6, 6.07) is 13.8. The number of hydrogen-bond donors (Lipinski definition) is 0. The number of aryl methyl sites for hydroxylation is 1. The molecule has 0 amide bonds. The fraction of sp³-hybridized carbons (Fsp3) is 0.188. The molecule has 0 heterocycles. The second-order valence-corrected chi connectivity index (χ2v) is 4.48. The van der Waals surface area contributed by atoms with E-state index in [1.807, 2.05) is 31.2 Å². The summed E-state index contributed by atoms with van der Waals surface area (Å²) < 4.78 is 12.9. The molecule has 2 rings (SSSR count). The Morgan fingerprint density at radius 1 is 1.11 bits per heavy atom. The van der Waals surface area contributed by atoms with E-state index in [4.69, 9.17) is 0 Å². The van der Waals surface area contributed by atoms with Gasteiger partial charge < -0.3 is 0 Å². The molecule has 1 atom stereocenters. The quantitative estimate of drug-likeness (QED) is 0.604. The van der Waals surface area contributed by atoms with E-state index in [-0.39, 0.29) is 11.9 Å². The van der Waals surface area contributed by atoms with Crippen molar-refractivity contribution in [3.63, 3.8) is 0 Å². The zero-order chi connectivity index (χ0) is 13.7. The standard InChI is InChI=1S/C16H14FNO/c1-12-2-6-14(7-3-12)16(18-11-19)10-13-4-8-15(17)9-5-13/h2-9,16H,10H2,1H3. The van der Waals surface area contributed by atoms with Crippen LogP contribution in [0.1, 0.15) is 22.7 Å². The van der Waals surface area contributed by atoms with Crippen LogP contribution in [0.4, 0.5) is 4.39 Å². The summed E-state index contributed by atoms with van der Waals surface area (Å²) in [6.07, 6.45) is 2.17. The van der Waals surface area contributed by atoms with Crippen LogP contribution in [0, 0.1) is 12.7 Å².